The van der Waals surface area contributed by atoms with E-state index in [-0.39, 0.29) is 11.4 Å². The minimum atomic E-state index is -3.42. The predicted octanol–water partition coefficient (Wildman–Crippen LogP) is 0.499. The number of sulfonamides is 1. The van der Waals surface area contributed by atoms with E-state index in [2.05, 4.69) is 5.16 Å². The lowest BCUT2D eigenvalue weighted by atomic mass is 10.1. The molecule has 2 rings (SSSR count). The Kier molecular flexibility index (Phi) is 2.24. The highest BCUT2D eigenvalue weighted by molar-refractivity contribution is 7.89. The standard InChI is InChI=1S/C9H10N2O3S/c1-11-6-8(10-12)7-4-2-3-5-9(7)15(11,13)14/h2-5,12H,6H2,1H3/b10-8+. The molecule has 5 nitrogen and oxygen atoms in total. The SMILES string of the molecule is CN1C/C(=N\O)c2ccccc2S1(=O)=O. The minimum absolute atomic E-state index is 0.0931. The zero-order valence-electron chi connectivity index (χ0n) is 8.08. The Hall–Kier alpha value is -1.40. The van der Waals surface area contributed by atoms with Crippen molar-refractivity contribution in [1.29, 1.82) is 0 Å². The van der Waals surface area contributed by atoms with Crippen molar-refractivity contribution in [3.8, 4) is 0 Å². The molecule has 0 unspecified atom stereocenters. The van der Waals surface area contributed by atoms with E-state index in [1.165, 1.54) is 13.1 Å². The van der Waals surface area contributed by atoms with Gasteiger partial charge in [0.2, 0.25) is 10.0 Å². The molecule has 0 atom stereocenters. The lowest BCUT2D eigenvalue weighted by molar-refractivity contribution is 0.316. The van der Waals surface area contributed by atoms with Crippen LogP contribution in [0.3, 0.4) is 0 Å². The van der Waals surface area contributed by atoms with Crippen molar-refractivity contribution in [2.45, 2.75) is 4.90 Å². The molecule has 1 aliphatic heterocycles. The average molecular weight is 226 g/mol. The molecule has 6 heteroatoms. The molecular formula is C9H10N2O3S. The van der Waals surface area contributed by atoms with E-state index >= 15 is 0 Å². The summed E-state index contributed by atoms with van der Waals surface area (Å²) < 4.78 is 24.9. The summed E-state index contributed by atoms with van der Waals surface area (Å²) >= 11 is 0. The van der Waals surface area contributed by atoms with Crippen LogP contribution in [0.1, 0.15) is 5.56 Å². The summed E-state index contributed by atoms with van der Waals surface area (Å²) in [5, 5.41) is 11.9. The third-order valence-corrected chi connectivity index (χ3v) is 4.24. The predicted molar refractivity (Wildman–Crippen MR) is 54.6 cm³/mol. The van der Waals surface area contributed by atoms with E-state index in [0.29, 0.717) is 11.3 Å². The number of likely N-dealkylation sites (N-methyl/N-ethyl adjacent to an activating group) is 1. The van der Waals surface area contributed by atoms with Gasteiger partial charge in [0.1, 0.15) is 5.71 Å². The number of nitrogens with zero attached hydrogens (tertiary/aromatic N) is 2. The van der Waals surface area contributed by atoms with Crippen molar-refractivity contribution >= 4 is 15.7 Å². The second kappa shape index (κ2) is 3.32. The van der Waals surface area contributed by atoms with Crippen molar-refractivity contribution in [2.75, 3.05) is 13.6 Å². The number of hydrogen-bond donors (Lipinski definition) is 1. The van der Waals surface area contributed by atoms with Crippen LogP contribution in [0.2, 0.25) is 0 Å². The van der Waals surface area contributed by atoms with Crippen LogP contribution in [0, 0.1) is 0 Å². The fraction of sp³-hybridized carbons (Fsp3) is 0.222. The van der Waals surface area contributed by atoms with Crippen LogP contribution in [0.4, 0.5) is 0 Å². The van der Waals surface area contributed by atoms with Crippen molar-refractivity contribution in [1.82, 2.24) is 4.31 Å². The van der Waals surface area contributed by atoms with Crippen LogP contribution in [0.25, 0.3) is 0 Å². The van der Waals surface area contributed by atoms with Gasteiger partial charge in [0.25, 0.3) is 0 Å². The van der Waals surface area contributed by atoms with E-state index in [4.69, 9.17) is 5.21 Å². The van der Waals surface area contributed by atoms with E-state index in [1.807, 2.05) is 0 Å². The maximum absolute atomic E-state index is 11.9. The molecule has 1 aromatic carbocycles. The van der Waals surface area contributed by atoms with Gasteiger partial charge in [0.05, 0.1) is 11.4 Å². The summed E-state index contributed by atoms with van der Waals surface area (Å²) in [6, 6.07) is 6.50. The van der Waals surface area contributed by atoms with Crippen molar-refractivity contribution < 1.29 is 13.6 Å². The smallest absolute Gasteiger partial charge is 0.243 e. The Morgan fingerprint density at radius 1 is 1.40 bits per heavy atom. The van der Waals surface area contributed by atoms with Crippen molar-refractivity contribution in [2.24, 2.45) is 5.16 Å². The van der Waals surface area contributed by atoms with Gasteiger partial charge in [0, 0.05) is 12.6 Å². The van der Waals surface area contributed by atoms with Crippen LogP contribution in [-0.4, -0.2) is 37.2 Å². The van der Waals surface area contributed by atoms with Gasteiger partial charge in [-0.1, -0.05) is 23.4 Å². The Morgan fingerprint density at radius 3 is 2.73 bits per heavy atom. The molecular weight excluding hydrogens is 216 g/mol. The lowest BCUT2D eigenvalue weighted by Crippen LogP contribution is -2.38. The van der Waals surface area contributed by atoms with Gasteiger partial charge >= 0.3 is 0 Å². The number of hydrogen-bond acceptors (Lipinski definition) is 4. The molecule has 0 radical (unpaired) electrons. The Balaban J connectivity index is 2.75. The van der Waals surface area contributed by atoms with E-state index in [9.17, 15) is 8.42 Å². The highest BCUT2D eigenvalue weighted by atomic mass is 32.2. The topological polar surface area (TPSA) is 70.0 Å². The van der Waals surface area contributed by atoms with Crippen LogP contribution in [0.15, 0.2) is 34.3 Å². The molecule has 1 N–H and O–H groups in total. The van der Waals surface area contributed by atoms with Gasteiger partial charge in [-0.3, -0.25) is 0 Å². The highest BCUT2D eigenvalue weighted by Crippen LogP contribution is 2.24. The minimum Gasteiger partial charge on any atom is -0.411 e. The van der Waals surface area contributed by atoms with E-state index in [1.54, 1.807) is 18.2 Å². The number of rotatable bonds is 0. The first-order chi connectivity index (χ1) is 7.07. The second-order valence-electron chi connectivity index (χ2n) is 3.30. The quantitative estimate of drug-likeness (QED) is 0.517. The Bertz CT molecular complexity index is 522. The molecule has 0 saturated carbocycles. The van der Waals surface area contributed by atoms with Gasteiger partial charge in [-0.05, 0) is 6.07 Å². The van der Waals surface area contributed by atoms with Crippen molar-refractivity contribution in [3.63, 3.8) is 0 Å². The summed E-state index contributed by atoms with van der Waals surface area (Å²) in [4.78, 5) is 0.187. The summed E-state index contributed by atoms with van der Waals surface area (Å²) in [7, 11) is -1.97. The summed E-state index contributed by atoms with van der Waals surface area (Å²) in [5.74, 6) is 0. The first-order valence-electron chi connectivity index (χ1n) is 4.34. The van der Waals surface area contributed by atoms with E-state index < -0.39 is 10.0 Å². The van der Waals surface area contributed by atoms with Crippen LogP contribution in [-0.2, 0) is 10.0 Å². The number of benzene rings is 1. The van der Waals surface area contributed by atoms with Crippen LogP contribution >= 0.6 is 0 Å². The molecule has 0 aliphatic carbocycles. The molecule has 0 saturated heterocycles. The van der Waals surface area contributed by atoms with Crippen molar-refractivity contribution in [3.05, 3.63) is 29.8 Å². The zero-order valence-corrected chi connectivity index (χ0v) is 8.90. The van der Waals surface area contributed by atoms with Crippen LogP contribution < -0.4 is 0 Å². The first kappa shape index (κ1) is 10.1. The molecule has 0 amide bonds. The molecule has 0 spiro atoms. The average Bonchev–Trinajstić information content (AvgIpc) is 2.24. The molecule has 0 bridgehead atoms. The zero-order chi connectivity index (χ0) is 11.1. The van der Waals surface area contributed by atoms with Gasteiger partial charge < -0.3 is 5.21 Å². The molecule has 0 aromatic heterocycles. The molecule has 1 aromatic rings. The summed E-state index contributed by atoms with van der Waals surface area (Å²) in [6.45, 7) is 0.0931. The number of fused-ring (bicyclic) bond motifs is 1. The maximum Gasteiger partial charge on any atom is 0.243 e. The fourth-order valence-electron chi connectivity index (χ4n) is 1.56. The Labute approximate surface area is 87.7 Å². The van der Waals surface area contributed by atoms with Crippen LogP contribution in [0.5, 0.6) is 0 Å². The third kappa shape index (κ3) is 1.42. The highest BCUT2D eigenvalue weighted by Gasteiger charge is 2.32. The second-order valence-corrected chi connectivity index (χ2v) is 5.32. The fourth-order valence-corrected chi connectivity index (χ4v) is 2.91. The summed E-state index contributed by atoms with van der Waals surface area (Å²) in [5.41, 5.74) is 0.834. The third-order valence-electron chi connectivity index (χ3n) is 2.38. The molecule has 1 heterocycles. The van der Waals surface area contributed by atoms with Gasteiger partial charge in [0.15, 0.2) is 0 Å². The number of oxime groups is 1. The molecule has 15 heavy (non-hydrogen) atoms. The Morgan fingerprint density at radius 2 is 2.07 bits per heavy atom. The maximum atomic E-state index is 11.9. The normalized spacial score (nSPS) is 22.6. The molecule has 0 fully saturated rings. The molecule has 80 valence electrons. The first-order valence-corrected chi connectivity index (χ1v) is 5.78. The van der Waals surface area contributed by atoms with Gasteiger partial charge in [-0.2, -0.15) is 4.31 Å². The van der Waals surface area contributed by atoms with Gasteiger partial charge in [-0.15, -0.1) is 0 Å². The largest absolute Gasteiger partial charge is 0.411 e. The van der Waals surface area contributed by atoms with Gasteiger partial charge in [-0.25, -0.2) is 8.42 Å². The summed E-state index contributed by atoms with van der Waals surface area (Å²) in [6.07, 6.45) is 0. The monoisotopic (exact) mass is 226 g/mol. The lowest BCUT2D eigenvalue weighted by Gasteiger charge is -2.24. The van der Waals surface area contributed by atoms with E-state index in [0.717, 1.165) is 4.31 Å². The molecule has 1 aliphatic rings.